The van der Waals surface area contributed by atoms with Gasteiger partial charge in [-0.2, -0.15) is 4.31 Å². The van der Waals surface area contributed by atoms with Gasteiger partial charge in [0.1, 0.15) is 0 Å². The first-order valence-corrected chi connectivity index (χ1v) is 10.0. The molecule has 0 unspecified atom stereocenters. The third-order valence-electron chi connectivity index (χ3n) is 4.08. The highest BCUT2D eigenvalue weighted by Crippen LogP contribution is 2.21. The van der Waals surface area contributed by atoms with E-state index in [0.29, 0.717) is 25.2 Å². The lowest BCUT2D eigenvalue weighted by molar-refractivity contribution is -0.120. The summed E-state index contributed by atoms with van der Waals surface area (Å²) in [6.45, 7) is 3.60. The van der Waals surface area contributed by atoms with Crippen LogP contribution < -0.4 is 10.6 Å². The Morgan fingerprint density at radius 3 is 2.32 bits per heavy atom. The molecule has 0 saturated carbocycles. The monoisotopic (exact) mass is 367 g/mol. The molecule has 1 aliphatic rings. The van der Waals surface area contributed by atoms with Gasteiger partial charge in [-0.3, -0.25) is 9.59 Å². The van der Waals surface area contributed by atoms with Gasteiger partial charge in [0.2, 0.25) is 15.9 Å². The molecular weight excluding hydrogens is 342 g/mol. The van der Waals surface area contributed by atoms with E-state index in [2.05, 4.69) is 10.6 Å². The number of unbranched alkanes of at least 4 members (excludes halogenated alkanes) is 1. The first-order chi connectivity index (χ1) is 11.9. The van der Waals surface area contributed by atoms with Crippen LogP contribution in [0.1, 0.15) is 43.0 Å². The quantitative estimate of drug-likeness (QED) is 0.673. The van der Waals surface area contributed by atoms with Crippen LogP contribution in [-0.4, -0.2) is 50.7 Å². The summed E-state index contributed by atoms with van der Waals surface area (Å²) in [6, 6.07) is 5.80. The van der Waals surface area contributed by atoms with E-state index in [4.69, 9.17) is 0 Å². The summed E-state index contributed by atoms with van der Waals surface area (Å²) in [7, 11) is -3.48. The Kier molecular flexibility index (Phi) is 6.95. The first kappa shape index (κ1) is 19.4. The van der Waals surface area contributed by atoms with Crippen LogP contribution in [0.2, 0.25) is 0 Å². The van der Waals surface area contributed by atoms with Gasteiger partial charge < -0.3 is 10.6 Å². The molecule has 0 bridgehead atoms. The second-order valence-electron chi connectivity index (χ2n) is 6.02. The standard InChI is InChI=1S/C17H25N3O4S/c1-2-3-10-18-16(21)13-19-17(22)14-6-8-15(9-7-14)25(23,24)20-11-4-5-12-20/h6-9H,2-5,10-13H2,1H3,(H,18,21)(H,19,22). The molecule has 2 N–H and O–H groups in total. The first-order valence-electron chi connectivity index (χ1n) is 8.60. The summed E-state index contributed by atoms with van der Waals surface area (Å²) < 4.78 is 26.3. The highest BCUT2D eigenvalue weighted by molar-refractivity contribution is 7.89. The molecular formula is C17H25N3O4S. The van der Waals surface area contributed by atoms with E-state index in [9.17, 15) is 18.0 Å². The molecule has 0 aliphatic carbocycles. The number of benzene rings is 1. The van der Waals surface area contributed by atoms with Crippen molar-refractivity contribution < 1.29 is 18.0 Å². The Morgan fingerprint density at radius 1 is 1.08 bits per heavy atom. The second-order valence-corrected chi connectivity index (χ2v) is 7.96. The third-order valence-corrected chi connectivity index (χ3v) is 5.99. The number of amides is 2. The number of hydrogen-bond acceptors (Lipinski definition) is 4. The van der Waals surface area contributed by atoms with Crippen LogP contribution in [-0.2, 0) is 14.8 Å². The summed E-state index contributed by atoms with van der Waals surface area (Å²) in [5.74, 6) is -0.647. The lowest BCUT2D eigenvalue weighted by Crippen LogP contribution is -2.37. The van der Waals surface area contributed by atoms with E-state index in [1.165, 1.54) is 28.6 Å². The van der Waals surface area contributed by atoms with Crippen molar-refractivity contribution in [1.82, 2.24) is 14.9 Å². The van der Waals surface area contributed by atoms with Gasteiger partial charge in [-0.15, -0.1) is 0 Å². The number of nitrogens with zero attached hydrogens (tertiary/aromatic N) is 1. The summed E-state index contributed by atoms with van der Waals surface area (Å²) in [6.07, 6.45) is 3.63. The zero-order valence-electron chi connectivity index (χ0n) is 14.5. The fraction of sp³-hybridized carbons (Fsp3) is 0.529. The van der Waals surface area contributed by atoms with Gasteiger partial charge in [0.25, 0.3) is 5.91 Å². The lowest BCUT2D eigenvalue weighted by atomic mass is 10.2. The van der Waals surface area contributed by atoms with E-state index in [-0.39, 0.29) is 17.3 Å². The van der Waals surface area contributed by atoms with Crippen LogP contribution in [0, 0.1) is 0 Å². The molecule has 0 radical (unpaired) electrons. The SMILES string of the molecule is CCCCNC(=O)CNC(=O)c1ccc(S(=O)(=O)N2CCCC2)cc1. The van der Waals surface area contributed by atoms with Crippen molar-refractivity contribution >= 4 is 21.8 Å². The minimum Gasteiger partial charge on any atom is -0.355 e. The van der Waals surface area contributed by atoms with Gasteiger partial charge in [-0.05, 0) is 43.5 Å². The fourth-order valence-electron chi connectivity index (χ4n) is 2.59. The highest BCUT2D eigenvalue weighted by Gasteiger charge is 2.27. The molecule has 1 aliphatic heterocycles. The maximum Gasteiger partial charge on any atom is 0.251 e. The van der Waals surface area contributed by atoms with Crippen LogP contribution in [0.15, 0.2) is 29.2 Å². The largest absolute Gasteiger partial charge is 0.355 e. The highest BCUT2D eigenvalue weighted by atomic mass is 32.2. The predicted octanol–water partition coefficient (Wildman–Crippen LogP) is 1.12. The van der Waals surface area contributed by atoms with Gasteiger partial charge in [0.05, 0.1) is 11.4 Å². The van der Waals surface area contributed by atoms with Crippen molar-refractivity contribution in [3.63, 3.8) is 0 Å². The maximum absolute atomic E-state index is 12.4. The smallest absolute Gasteiger partial charge is 0.251 e. The molecule has 1 saturated heterocycles. The Morgan fingerprint density at radius 2 is 1.72 bits per heavy atom. The fourth-order valence-corrected chi connectivity index (χ4v) is 4.10. The maximum atomic E-state index is 12.4. The zero-order valence-corrected chi connectivity index (χ0v) is 15.3. The average molecular weight is 367 g/mol. The van der Waals surface area contributed by atoms with E-state index in [0.717, 1.165) is 25.7 Å². The molecule has 2 amide bonds. The van der Waals surface area contributed by atoms with E-state index >= 15 is 0 Å². The Balaban J connectivity index is 1.90. The molecule has 1 fully saturated rings. The van der Waals surface area contributed by atoms with Crippen LogP contribution in [0.25, 0.3) is 0 Å². The number of hydrogen-bond donors (Lipinski definition) is 2. The van der Waals surface area contributed by atoms with Crippen molar-refractivity contribution in [3.05, 3.63) is 29.8 Å². The molecule has 1 aromatic carbocycles. The molecule has 0 atom stereocenters. The van der Waals surface area contributed by atoms with Crippen molar-refractivity contribution in [2.75, 3.05) is 26.2 Å². The average Bonchev–Trinajstić information content (AvgIpc) is 3.15. The van der Waals surface area contributed by atoms with Crippen molar-refractivity contribution in [3.8, 4) is 0 Å². The van der Waals surface area contributed by atoms with E-state index < -0.39 is 15.9 Å². The molecule has 1 heterocycles. The molecule has 0 spiro atoms. The van der Waals surface area contributed by atoms with Crippen molar-refractivity contribution in [1.29, 1.82) is 0 Å². The van der Waals surface area contributed by atoms with Gasteiger partial charge in [-0.25, -0.2) is 8.42 Å². The number of sulfonamides is 1. The van der Waals surface area contributed by atoms with Gasteiger partial charge in [0.15, 0.2) is 0 Å². The number of rotatable bonds is 8. The minimum atomic E-state index is -3.48. The molecule has 138 valence electrons. The molecule has 2 rings (SSSR count). The number of carbonyl (C=O) groups is 2. The molecule has 1 aromatic rings. The Bertz CT molecular complexity index is 695. The molecule has 0 aromatic heterocycles. The molecule has 8 heteroatoms. The van der Waals surface area contributed by atoms with Crippen LogP contribution >= 0.6 is 0 Å². The normalized spacial score (nSPS) is 15.1. The van der Waals surface area contributed by atoms with Crippen molar-refractivity contribution in [2.24, 2.45) is 0 Å². The second kappa shape index (κ2) is 8.96. The predicted molar refractivity (Wildman–Crippen MR) is 94.7 cm³/mol. The summed E-state index contributed by atoms with van der Waals surface area (Å²) in [5.41, 5.74) is 0.321. The number of carbonyl (C=O) groups excluding carboxylic acids is 2. The minimum absolute atomic E-state index is 0.101. The Hall–Kier alpha value is -1.93. The zero-order chi connectivity index (χ0) is 18.3. The van der Waals surface area contributed by atoms with Crippen LogP contribution in [0.3, 0.4) is 0 Å². The third kappa shape index (κ3) is 5.27. The number of nitrogens with one attached hydrogen (secondary N) is 2. The van der Waals surface area contributed by atoms with Gasteiger partial charge >= 0.3 is 0 Å². The van der Waals surface area contributed by atoms with Crippen molar-refractivity contribution in [2.45, 2.75) is 37.5 Å². The van der Waals surface area contributed by atoms with Gasteiger partial charge in [-0.1, -0.05) is 13.3 Å². The summed E-state index contributed by atoms with van der Waals surface area (Å²) in [4.78, 5) is 23.8. The van der Waals surface area contributed by atoms with E-state index in [1.54, 1.807) is 0 Å². The molecule has 7 nitrogen and oxygen atoms in total. The molecule has 25 heavy (non-hydrogen) atoms. The van der Waals surface area contributed by atoms with Crippen LogP contribution in [0.4, 0.5) is 0 Å². The lowest BCUT2D eigenvalue weighted by Gasteiger charge is -2.15. The van der Waals surface area contributed by atoms with E-state index in [1.807, 2.05) is 6.92 Å². The van der Waals surface area contributed by atoms with Crippen LogP contribution in [0.5, 0.6) is 0 Å². The summed E-state index contributed by atoms with van der Waals surface area (Å²) in [5, 5.41) is 5.24. The summed E-state index contributed by atoms with van der Waals surface area (Å²) >= 11 is 0. The topological polar surface area (TPSA) is 95.6 Å². The van der Waals surface area contributed by atoms with Gasteiger partial charge in [0, 0.05) is 25.2 Å². The Labute approximate surface area is 148 Å².